The highest BCUT2D eigenvalue weighted by atomic mass is 32.2. The molecule has 0 spiro atoms. The van der Waals surface area contributed by atoms with Crippen molar-refractivity contribution >= 4 is 39.9 Å². The van der Waals surface area contributed by atoms with Gasteiger partial charge in [0.05, 0.1) is 32.8 Å². The van der Waals surface area contributed by atoms with Crippen molar-refractivity contribution in [2.75, 3.05) is 13.2 Å². The smallest absolute Gasteiger partial charge is 0.411 e. The molecule has 0 aliphatic heterocycles. The molecule has 0 unspecified atom stereocenters. The lowest BCUT2D eigenvalue weighted by molar-refractivity contribution is -0.288. The molecule has 454 valence electrons. The van der Waals surface area contributed by atoms with E-state index in [1.165, 1.54) is 109 Å². The number of hydrogen-bond acceptors (Lipinski definition) is 12. The Bertz CT molecular complexity index is 4200. The summed E-state index contributed by atoms with van der Waals surface area (Å²) in [6.07, 6.45) is -11.7. The lowest BCUT2D eigenvalue weighted by Crippen LogP contribution is -2.54. The third-order valence-corrected chi connectivity index (χ3v) is 19.6. The van der Waals surface area contributed by atoms with Gasteiger partial charge in [-0.25, -0.2) is 16.8 Å². The van der Waals surface area contributed by atoms with Crippen molar-refractivity contribution < 1.29 is 77.9 Å². The summed E-state index contributed by atoms with van der Waals surface area (Å²) in [5.41, 5.74) is -5.38. The Morgan fingerprint density at radius 3 is 1.02 bits per heavy atom. The molecule has 0 N–H and O–H groups in total. The monoisotopic (exact) mass is 1260 g/mol. The zero-order chi connectivity index (χ0) is 63.1. The first kappa shape index (κ1) is 64.7. The molecule has 0 heterocycles. The molecule has 0 bridgehead atoms. The van der Waals surface area contributed by atoms with Gasteiger partial charge in [0.2, 0.25) is 25.1 Å². The van der Waals surface area contributed by atoms with E-state index >= 15 is 26.3 Å². The Balaban J connectivity index is 0.977. The molecule has 8 aromatic rings. The zero-order valence-corrected chi connectivity index (χ0v) is 51.0. The van der Waals surface area contributed by atoms with Gasteiger partial charge < -0.3 is 9.47 Å². The first-order chi connectivity index (χ1) is 39.9. The molecule has 8 rings (SSSR count). The molecule has 0 aliphatic rings. The van der Waals surface area contributed by atoms with Crippen LogP contribution in [-0.2, 0) is 60.1 Å². The van der Waals surface area contributed by atoms with Crippen LogP contribution in [0, 0.1) is 24.7 Å². The molecular formula is C64H60F6O12S4. The number of benzene rings is 8. The topological polar surface area (TPSA) is 173 Å². The summed E-state index contributed by atoms with van der Waals surface area (Å²) in [6.45, 7) is 13.9. The van der Waals surface area contributed by atoms with E-state index in [0.29, 0.717) is 41.0 Å². The van der Waals surface area contributed by atoms with Crippen molar-refractivity contribution in [1.82, 2.24) is 0 Å². The summed E-state index contributed by atoms with van der Waals surface area (Å²) in [4.78, 5) is -0.861. The third-order valence-electron chi connectivity index (χ3n) is 13.4. The molecule has 86 heavy (non-hydrogen) atoms. The van der Waals surface area contributed by atoms with Crippen molar-refractivity contribution in [3.63, 3.8) is 0 Å². The Morgan fingerprint density at radius 1 is 0.360 bits per heavy atom. The molecular weight excluding hydrogens is 1200 g/mol. The predicted octanol–water partition coefficient (Wildman–Crippen LogP) is 15.7. The highest BCUT2D eigenvalue weighted by Crippen LogP contribution is 2.56. The lowest BCUT2D eigenvalue weighted by atomic mass is 9.73. The fourth-order valence-electron chi connectivity index (χ4n) is 8.99. The van der Waals surface area contributed by atoms with Crippen molar-refractivity contribution in [1.29, 1.82) is 0 Å². The molecule has 0 aliphatic carbocycles. The number of halogens is 6. The number of hydrogen-bond donors (Lipinski definition) is 0. The lowest BCUT2D eigenvalue weighted by Gasteiger charge is -2.38. The number of ether oxygens (including phenoxy) is 2. The summed E-state index contributed by atoms with van der Waals surface area (Å²) in [6, 6.07) is 37.3. The van der Waals surface area contributed by atoms with E-state index in [1.54, 1.807) is 79.7 Å². The van der Waals surface area contributed by atoms with Crippen LogP contribution in [-0.4, -0.2) is 59.2 Å². The number of aryl methyl sites for hydroxylation is 2. The van der Waals surface area contributed by atoms with Crippen LogP contribution in [0.15, 0.2) is 211 Å². The van der Waals surface area contributed by atoms with Crippen LogP contribution in [0.25, 0.3) is 11.1 Å². The van der Waals surface area contributed by atoms with E-state index in [9.17, 15) is 33.7 Å². The fraction of sp³-hybridized carbons (Fsp3) is 0.250. The Morgan fingerprint density at radius 2 is 0.663 bits per heavy atom. The first-order valence-electron chi connectivity index (χ1n) is 26.5. The molecule has 8 aromatic carbocycles. The zero-order valence-electron chi connectivity index (χ0n) is 47.7. The van der Waals surface area contributed by atoms with Gasteiger partial charge in [0.15, 0.2) is 0 Å². The first-order valence-corrected chi connectivity index (χ1v) is 32.3. The maximum Gasteiger partial charge on any atom is 0.411 e. The van der Waals surface area contributed by atoms with Gasteiger partial charge in [0, 0.05) is 11.1 Å². The van der Waals surface area contributed by atoms with Crippen LogP contribution in [0.5, 0.6) is 23.0 Å². The van der Waals surface area contributed by atoms with Crippen molar-refractivity contribution in [3.8, 4) is 34.1 Å². The molecule has 0 radical (unpaired) electrons. The van der Waals surface area contributed by atoms with Crippen molar-refractivity contribution in [2.24, 2.45) is 10.8 Å². The molecule has 22 heteroatoms. The molecule has 0 aromatic heterocycles. The molecule has 0 amide bonds. The second-order valence-electron chi connectivity index (χ2n) is 23.0. The second-order valence-corrected chi connectivity index (χ2v) is 30.0. The average molecular weight is 1260 g/mol. The van der Waals surface area contributed by atoms with Crippen LogP contribution >= 0.6 is 0 Å². The Hall–Kier alpha value is -7.34. The van der Waals surface area contributed by atoms with Crippen molar-refractivity contribution in [3.05, 3.63) is 215 Å². The number of sulfone groups is 2. The van der Waals surface area contributed by atoms with E-state index in [1.807, 2.05) is 0 Å². The van der Waals surface area contributed by atoms with Crippen LogP contribution < -0.4 is 9.47 Å². The highest BCUT2D eigenvalue weighted by molar-refractivity contribution is 7.91. The van der Waals surface area contributed by atoms with Gasteiger partial charge >= 0.3 is 12.4 Å². The normalized spacial score (nSPS) is 13.1. The van der Waals surface area contributed by atoms with Gasteiger partial charge in [0.1, 0.15) is 32.8 Å². The highest BCUT2D eigenvalue weighted by Gasteiger charge is 2.72. The summed E-state index contributed by atoms with van der Waals surface area (Å²) >= 11 is 0. The Kier molecular flexibility index (Phi) is 18.1. The summed E-state index contributed by atoms with van der Waals surface area (Å²) in [7, 11) is -17.0. The van der Waals surface area contributed by atoms with Crippen LogP contribution in [0.2, 0.25) is 0 Å². The minimum Gasteiger partial charge on any atom is -0.457 e. The maximum absolute atomic E-state index is 15.1. The van der Waals surface area contributed by atoms with Gasteiger partial charge in [-0.2, -0.15) is 43.2 Å². The molecule has 12 nitrogen and oxygen atoms in total. The fourth-order valence-corrected chi connectivity index (χ4v) is 14.3. The minimum atomic E-state index is -5.93. The summed E-state index contributed by atoms with van der Waals surface area (Å²) in [5, 5.41) is 0. The van der Waals surface area contributed by atoms with Crippen molar-refractivity contribution in [2.45, 2.75) is 109 Å². The molecule has 0 fully saturated rings. The van der Waals surface area contributed by atoms with Crippen LogP contribution in [0.4, 0.5) is 26.3 Å². The number of rotatable bonds is 19. The van der Waals surface area contributed by atoms with Gasteiger partial charge in [0.25, 0.3) is 20.2 Å². The molecule has 0 saturated carbocycles. The maximum atomic E-state index is 15.1. The largest absolute Gasteiger partial charge is 0.457 e. The van der Waals surface area contributed by atoms with Crippen LogP contribution in [0.1, 0.15) is 74.9 Å². The third kappa shape index (κ3) is 14.4. The SMILES string of the molecule is Cc1ccc(S(=O)(=O)c2ccc(Oc3ccc(C(c4ccc(Oc5ccc(S(=O)(=O)c6ccc(Cc7ccc(-c8ccc(C)cc8S(=O)(=O)OCC(C)(C)C)c(S(=O)(=O)OCC(C)(C)C)c7)cc6)cc5)cc4)(C(F)(F)F)C(F)(F)F)cc3)cc2)cc1. The average Bonchev–Trinajstić information content (AvgIpc) is 0.750. The molecule has 0 atom stereocenters. The standard InChI is InChI=1S/C64H60F6O12S4/c1-42-9-27-52(28-10-42)83(71,72)54-31-23-50(24-32-54)81-48-19-15-46(16-20-48)62(63(65,66)67,64(68,69)70)47-17-21-49(22-18-47)82-51-25-33-55(34-26-51)84(73,74)53-29-12-44(13-30-53)38-45-14-36-57(59(39-45)86(77,78)80-41-61(6,7)8)56-35-11-43(2)37-58(56)85(75,76)79-40-60(3,4)5/h9-37,39H,38,40-41H2,1-8H3. The van der Waals surface area contributed by atoms with Gasteiger partial charge in [-0.15, -0.1) is 0 Å². The van der Waals surface area contributed by atoms with E-state index in [0.717, 1.165) is 29.8 Å². The van der Waals surface area contributed by atoms with E-state index < -0.39 is 79.6 Å². The van der Waals surface area contributed by atoms with Gasteiger partial charge in [-0.3, -0.25) is 8.37 Å². The van der Waals surface area contributed by atoms with Gasteiger partial charge in [-0.1, -0.05) is 120 Å². The van der Waals surface area contributed by atoms with E-state index in [2.05, 4.69) is 0 Å². The summed E-state index contributed by atoms with van der Waals surface area (Å²) in [5.74, 6) is -0.261. The quantitative estimate of drug-likeness (QED) is 0.0554. The Labute approximate surface area is 497 Å². The second kappa shape index (κ2) is 24.1. The van der Waals surface area contributed by atoms with E-state index in [4.69, 9.17) is 17.8 Å². The summed E-state index contributed by atoms with van der Waals surface area (Å²) < 4.78 is 222. The van der Waals surface area contributed by atoms with Crippen LogP contribution in [0.3, 0.4) is 0 Å². The predicted molar refractivity (Wildman–Crippen MR) is 312 cm³/mol. The molecule has 0 saturated heterocycles. The van der Waals surface area contributed by atoms with Gasteiger partial charge in [-0.05, 0) is 168 Å². The van der Waals surface area contributed by atoms with E-state index in [-0.39, 0.29) is 83.1 Å². The number of alkyl halides is 6. The minimum absolute atomic E-state index is 0.00613.